The van der Waals surface area contributed by atoms with Gasteiger partial charge in [0.15, 0.2) is 0 Å². The van der Waals surface area contributed by atoms with Crippen molar-refractivity contribution in [2.75, 3.05) is 6.61 Å². The molecule has 1 aromatic heterocycles. The molecule has 2 unspecified atom stereocenters. The smallest absolute Gasteiger partial charge is 0.261 e. The molecule has 1 fully saturated rings. The van der Waals surface area contributed by atoms with Gasteiger partial charge in [0.25, 0.3) is 5.91 Å². The molecule has 0 saturated carbocycles. The van der Waals surface area contributed by atoms with Crippen molar-refractivity contribution in [3.8, 4) is 0 Å². The Bertz CT molecular complexity index is 647. The average molecular weight is 315 g/mol. The summed E-state index contributed by atoms with van der Waals surface area (Å²) in [6.07, 6.45) is 1.88. The topological polar surface area (TPSA) is 38.3 Å². The van der Waals surface area contributed by atoms with Crippen LogP contribution in [0, 0.1) is 13.8 Å². The van der Waals surface area contributed by atoms with Gasteiger partial charge in [-0.2, -0.15) is 0 Å². The van der Waals surface area contributed by atoms with E-state index in [-0.39, 0.29) is 18.1 Å². The number of amides is 1. The first kappa shape index (κ1) is 15.3. The van der Waals surface area contributed by atoms with E-state index < -0.39 is 0 Å². The third-order valence-electron chi connectivity index (χ3n) is 4.11. The number of aryl methyl sites for hydroxylation is 2. The molecule has 0 aliphatic carbocycles. The van der Waals surface area contributed by atoms with E-state index in [1.54, 1.807) is 0 Å². The molecule has 0 spiro atoms. The van der Waals surface area contributed by atoms with E-state index in [2.05, 4.69) is 36.5 Å². The quantitative estimate of drug-likeness (QED) is 0.929. The molecular weight excluding hydrogens is 294 g/mol. The minimum absolute atomic E-state index is 0.0140. The first-order valence-corrected chi connectivity index (χ1v) is 8.56. The first-order valence-electron chi connectivity index (χ1n) is 7.68. The van der Waals surface area contributed by atoms with Crippen LogP contribution >= 0.6 is 11.3 Å². The molecule has 1 amide bonds. The van der Waals surface area contributed by atoms with Crippen molar-refractivity contribution in [3.63, 3.8) is 0 Å². The number of hydrogen-bond donors (Lipinski definition) is 1. The molecule has 0 radical (unpaired) electrons. The van der Waals surface area contributed by atoms with Crippen LogP contribution in [-0.2, 0) is 4.74 Å². The van der Waals surface area contributed by atoms with Gasteiger partial charge in [-0.3, -0.25) is 4.79 Å². The van der Waals surface area contributed by atoms with Crippen molar-refractivity contribution in [1.29, 1.82) is 0 Å². The Morgan fingerprint density at radius 3 is 2.68 bits per heavy atom. The van der Waals surface area contributed by atoms with Crippen LogP contribution in [0.4, 0.5) is 0 Å². The van der Waals surface area contributed by atoms with E-state index >= 15 is 0 Å². The molecule has 2 atom stereocenters. The van der Waals surface area contributed by atoms with Crippen LogP contribution < -0.4 is 5.32 Å². The minimum atomic E-state index is -0.0569. The number of rotatable bonds is 3. The summed E-state index contributed by atoms with van der Waals surface area (Å²) >= 11 is 1.49. The molecule has 3 rings (SSSR count). The lowest BCUT2D eigenvalue weighted by Crippen LogP contribution is -2.42. The average Bonchev–Trinajstić information content (AvgIpc) is 2.95. The second kappa shape index (κ2) is 6.63. The van der Waals surface area contributed by atoms with Crippen molar-refractivity contribution in [1.82, 2.24) is 5.32 Å². The fraction of sp³-hybridized carbons (Fsp3) is 0.389. The van der Waals surface area contributed by atoms with Gasteiger partial charge in [-0.1, -0.05) is 29.8 Å². The lowest BCUT2D eigenvalue weighted by Gasteiger charge is -2.32. The van der Waals surface area contributed by atoms with E-state index in [4.69, 9.17) is 4.74 Å². The highest BCUT2D eigenvalue weighted by Crippen LogP contribution is 2.29. The van der Waals surface area contributed by atoms with Crippen LogP contribution in [0.2, 0.25) is 0 Å². The highest BCUT2D eigenvalue weighted by molar-refractivity contribution is 7.12. The molecule has 1 aliphatic heterocycles. The Kier molecular flexibility index (Phi) is 4.60. The molecule has 22 heavy (non-hydrogen) atoms. The van der Waals surface area contributed by atoms with Crippen molar-refractivity contribution in [2.24, 2.45) is 0 Å². The van der Waals surface area contributed by atoms with E-state index in [9.17, 15) is 4.79 Å². The predicted octanol–water partition coefficient (Wildman–Crippen LogP) is 4.02. The fourth-order valence-corrected chi connectivity index (χ4v) is 3.68. The second-order valence-electron chi connectivity index (χ2n) is 5.86. The fourth-order valence-electron chi connectivity index (χ4n) is 2.85. The van der Waals surface area contributed by atoms with Crippen molar-refractivity contribution >= 4 is 17.2 Å². The predicted molar refractivity (Wildman–Crippen MR) is 89.4 cm³/mol. The minimum Gasteiger partial charge on any atom is -0.371 e. The lowest BCUT2D eigenvalue weighted by atomic mass is 9.95. The van der Waals surface area contributed by atoms with E-state index in [0.29, 0.717) is 0 Å². The van der Waals surface area contributed by atoms with E-state index in [1.807, 2.05) is 18.4 Å². The molecule has 1 saturated heterocycles. The zero-order chi connectivity index (χ0) is 15.5. The maximum absolute atomic E-state index is 12.5. The Labute approximate surface area is 135 Å². The first-order chi connectivity index (χ1) is 10.6. The van der Waals surface area contributed by atoms with Gasteiger partial charge < -0.3 is 10.1 Å². The molecule has 2 heterocycles. The van der Waals surface area contributed by atoms with Gasteiger partial charge in [-0.15, -0.1) is 11.3 Å². The number of ether oxygens (including phenoxy) is 1. The summed E-state index contributed by atoms with van der Waals surface area (Å²) < 4.78 is 5.95. The summed E-state index contributed by atoms with van der Waals surface area (Å²) in [5, 5.41) is 5.13. The van der Waals surface area contributed by atoms with Crippen LogP contribution in [0.1, 0.15) is 45.3 Å². The molecule has 4 heteroatoms. The van der Waals surface area contributed by atoms with Gasteiger partial charge in [0.1, 0.15) is 6.10 Å². The van der Waals surface area contributed by atoms with Gasteiger partial charge >= 0.3 is 0 Å². The van der Waals surface area contributed by atoms with E-state index in [1.165, 1.54) is 16.9 Å². The molecule has 3 nitrogen and oxygen atoms in total. The van der Waals surface area contributed by atoms with E-state index in [0.717, 1.165) is 35.5 Å². The number of carbonyl (C=O) groups excluding carboxylic acids is 1. The number of thiophene rings is 1. The maximum Gasteiger partial charge on any atom is 0.261 e. The largest absolute Gasteiger partial charge is 0.371 e. The maximum atomic E-state index is 12.5. The highest BCUT2D eigenvalue weighted by atomic mass is 32.1. The second-order valence-corrected chi connectivity index (χ2v) is 6.77. The van der Waals surface area contributed by atoms with Gasteiger partial charge in [0.2, 0.25) is 0 Å². The zero-order valence-electron chi connectivity index (χ0n) is 13.0. The Morgan fingerprint density at radius 2 is 2.00 bits per heavy atom. The summed E-state index contributed by atoms with van der Waals surface area (Å²) in [7, 11) is 0. The van der Waals surface area contributed by atoms with Gasteiger partial charge in [-0.05, 0) is 49.3 Å². The van der Waals surface area contributed by atoms with Gasteiger partial charge in [-0.25, -0.2) is 0 Å². The van der Waals surface area contributed by atoms with Crippen molar-refractivity contribution in [2.45, 2.75) is 38.8 Å². The molecule has 2 aromatic rings. The van der Waals surface area contributed by atoms with Crippen LogP contribution in [0.25, 0.3) is 0 Å². The number of nitrogens with one attached hydrogen (secondary N) is 1. The van der Waals surface area contributed by atoms with Gasteiger partial charge in [0, 0.05) is 6.61 Å². The molecule has 1 aromatic carbocycles. The standard InChI is InChI=1S/C18H21NO2S/c1-12-5-7-14(8-6-12)16-15(4-3-10-21-16)19-18(20)17-13(2)9-11-22-17/h5-9,11,15-16H,3-4,10H2,1-2H3,(H,19,20). The number of carbonyl (C=O) groups is 1. The van der Waals surface area contributed by atoms with Gasteiger partial charge in [0.05, 0.1) is 10.9 Å². The van der Waals surface area contributed by atoms with Crippen molar-refractivity contribution in [3.05, 3.63) is 57.3 Å². The zero-order valence-corrected chi connectivity index (χ0v) is 13.8. The Balaban J connectivity index is 1.77. The van der Waals surface area contributed by atoms with Crippen molar-refractivity contribution < 1.29 is 9.53 Å². The summed E-state index contributed by atoms with van der Waals surface area (Å²) in [5.41, 5.74) is 3.40. The molecule has 1 aliphatic rings. The van der Waals surface area contributed by atoms with Crippen LogP contribution in [-0.4, -0.2) is 18.6 Å². The molecule has 1 N–H and O–H groups in total. The Morgan fingerprint density at radius 1 is 1.23 bits per heavy atom. The highest BCUT2D eigenvalue weighted by Gasteiger charge is 2.29. The monoisotopic (exact) mass is 315 g/mol. The summed E-state index contributed by atoms with van der Waals surface area (Å²) in [5.74, 6) is 0.0140. The lowest BCUT2D eigenvalue weighted by molar-refractivity contribution is -0.00942. The van der Waals surface area contributed by atoms with Crippen LogP contribution in [0.15, 0.2) is 35.7 Å². The normalized spacial score (nSPS) is 21.5. The Hall–Kier alpha value is -1.65. The van der Waals surface area contributed by atoms with Crippen LogP contribution in [0.3, 0.4) is 0 Å². The molecular formula is C18H21NO2S. The molecule has 0 bridgehead atoms. The van der Waals surface area contributed by atoms with Crippen LogP contribution in [0.5, 0.6) is 0 Å². The summed E-state index contributed by atoms with van der Waals surface area (Å²) in [4.78, 5) is 13.3. The third-order valence-corrected chi connectivity index (χ3v) is 5.13. The molecule has 116 valence electrons. The summed E-state index contributed by atoms with van der Waals surface area (Å²) in [6.45, 7) is 4.80. The number of benzene rings is 1. The number of hydrogen-bond acceptors (Lipinski definition) is 3. The summed E-state index contributed by atoms with van der Waals surface area (Å²) in [6, 6.07) is 10.4. The third kappa shape index (κ3) is 3.23. The SMILES string of the molecule is Cc1ccc(C2OCCCC2NC(=O)c2sccc2C)cc1.